The molecular formula is C30H45NNaO7P. The van der Waals surface area contributed by atoms with E-state index in [0.29, 0.717) is 13.0 Å². The van der Waals surface area contributed by atoms with Gasteiger partial charge >= 0.3 is 35.5 Å². The standard InChI is InChI=1S/C30H46NO7P.Na/c1-4-28(33)37-30(22(2)3)38-39(36,18-12-11-15-23-13-7-5-8-14-23)21-27(32)31-19-25(26(20-31)29(34)35)24-16-9-6-10-17-24;/h5,7-8,13-14,22,24-26,30H,4,6,9-12,15-21H2,1-3H3,(H,34,35);/q;+1/p-1. The number of carbonyl (C=O) groups excluding carboxylic acids is 3. The van der Waals surface area contributed by atoms with Crippen molar-refractivity contribution in [3.8, 4) is 0 Å². The molecule has 0 radical (unpaired) electrons. The Kier molecular flexibility index (Phi) is 14.9. The molecule has 1 amide bonds. The third-order valence-corrected chi connectivity index (χ3v) is 10.4. The predicted octanol–water partition coefficient (Wildman–Crippen LogP) is 1.65. The molecule has 218 valence electrons. The van der Waals surface area contributed by atoms with Gasteiger partial charge in [-0.3, -0.25) is 18.7 Å². The number of likely N-dealkylation sites (tertiary alicyclic amines) is 1. The van der Waals surface area contributed by atoms with E-state index in [9.17, 15) is 24.1 Å². The molecule has 40 heavy (non-hydrogen) atoms. The van der Waals surface area contributed by atoms with Gasteiger partial charge < -0.3 is 19.5 Å². The van der Waals surface area contributed by atoms with Crippen molar-refractivity contribution >= 4 is 25.2 Å². The normalized spacial score (nSPS) is 21.9. The molecule has 1 heterocycles. The molecule has 1 aromatic rings. The third-order valence-electron chi connectivity index (χ3n) is 8.09. The number of hydrogen-bond donors (Lipinski definition) is 0. The van der Waals surface area contributed by atoms with E-state index in [2.05, 4.69) is 0 Å². The van der Waals surface area contributed by atoms with Crippen LogP contribution in [0.4, 0.5) is 0 Å². The number of rotatable bonds is 14. The molecule has 4 atom stereocenters. The summed E-state index contributed by atoms with van der Waals surface area (Å²) in [5.41, 5.74) is 1.18. The number of carbonyl (C=O) groups is 3. The van der Waals surface area contributed by atoms with Crippen molar-refractivity contribution in [2.24, 2.45) is 23.7 Å². The number of nitrogens with zero attached hydrogens (tertiary/aromatic N) is 1. The van der Waals surface area contributed by atoms with Gasteiger partial charge in [-0.2, -0.15) is 0 Å². The van der Waals surface area contributed by atoms with Crippen LogP contribution in [0.5, 0.6) is 0 Å². The van der Waals surface area contributed by atoms with Crippen LogP contribution in [-0.2, 0) is 34.6 Å². The van der Waals surface area contributed by atoms with Gasteiger partial charge in [0, 0.05) is 43.5 Å². The van der Waals surface area contributed by atoms with Crippen LogP contribution in [0.15, 0.2) is 30.3 Å². The fourth-order valence-electron chi connectivity index (χ4n) is 5.81. The van der Waals surface area contributed by atoms with Crippen molar-refractivity contribution in [2.75, 3.05) is 25.4 Å². The summed E-state index contributed by atoms with van der Waals surface area (Å²) >= 11 is 0. The SMILES string of the molecule is CCC(=O)OC(OP(=O)(CCCCc1ccccc1)CC(=O)N1CC(C(=O)[O-])C(C2CCCCC2)C1)C(C)C.[Na+]. The second kappa shape index (κ2) is 17.1. The molecule has 0 N–H and O–H groups in total. The molecule has 8 nitrogen and oxygen atoms in total. The largest absolute Gasteiger partial charge is 1.00 e. The number of benzene rings is 1. The zero-order valence-electron chi connectivity index (χ0n) is 24.7. The third kappa shape index (κ3) is 10.6. The molecule has 1 aromatic carbocycles. The summed E-state index contributed by atoms with van der Waals surface area (Å²) in [6, 6.07) is 10.0. The van der Waals surface area contributed by atoms with Crippen molar-refractivity contribution in [1.29, 1.82) is 0 Å². The number of amides is 1. The number of aryl methyl sites for hydroxylation is 1. The number of aliphatic carboxylic acids is 1. The van der Waals surface area contributed by atoms with Gasteiger partial charge in [-0.05, 0) is 36.7 Å². The van der Waals surface area contributed by atoms with Crippen molar-refractivity contribution < 1.29 is 62.9 Å². The van der Waals surface area contributed by atoms with E-state index in [1.807, 2.05) is 44.2 Å². The van der Waals surface area contributed by atoms with Crippen LogP contribution in [0, 0.1) is 23.7 Å². The first-order valence-corrected chi connectivity index (χ1v) is 16.6. The van der Waals surface area contributed by atoms with E-state index in [0.717, 1.165) is 44.9 Å². The Labute approximate surface area is 261 Å². The molecule has 1 aliphatic heterocycles. The Hall–Kier alpha value is -1.18. The van der Waals surface area contributed by atoms with Crippen LogP contribution >= 0.6 is 7.37 Å². The average molecular weight is 586 g/mol. The van der Waals surface area contributed by atoms with Gasteiger partial charge in [-0.1, -0.05) is 83.2 Å². The number of esters is 1. The Morgan fingerprint density at radius 2 is 1.73 bits per heavy atom. The topological polar surface area (TPSA) is 113 Å². The van der Waals surface area contributed by atoms with E-state index < -0.39 is 31.5 Å². The van der Waals surface area contributed by atoms with Crippen molar-refractivity contribution in [3.05, 3.63) is 35.9 Å². The number of carboxylic acids is 1. The van der Waals surface area contributed by atoms with Gasteiger partial charge in [-0.15, -0.1) is 0 Å². The van der Waals surface area contributed by atoms with Gasteiger partial charge in [0.15, 0.2) is 0 Å². The molecule has 4 unspecified atom stereocenters. The molecule has 10 heteroatoms. The van der Waals surface area contributed by atoms with Gasteiger partial charge in [0.2, 0.25) is 19.6 Å². The van der Waals surface area contributed by atoms with Crippen molar-refractivity contribution in [2.45, 2.75) is 84.8 Å². The minimum absolute atomic E-state index is 0. The first-order valence-electron chi connectivity index (χ1n) is 14.6. The molecule has 2 aliphatic rings. The minimum Gasteiger partial charge on any atom is -0.550 e. The number of hydrogen-bond acceptors (Lipinski definition) is 7. The Bertz CT molecular complexity index is 999. The molecule has 1 aliphatic carbocycles. The minimum atomic E-state index is -3.55. The fraction of sp³-hybridized carbons (Fsp3) is 0.700. The Balaban J connectivity index is 0.00000560. The smallest absolute Gasteiger partial charge is 0.550 e. The Morgan fingerprint density at radius 1 is 1.05 bits per heavy atom. The molecular weight excluding hydrogens is 540 g/mol. The maximum atomic E-state index is 14.2. The zero-order valence-corrected chi connectivity index (χ0v) is 27.6. The maximum Gasteiger partial charge on any atom is 1.00 e. The van der Waals surface area contributed by atoms with E-state index in [1.54, 1.807) is 11.8 Å². The Morgan fingerprint density at radius 3 is 2.33 bits per heavy atom. The molecule has 2 fully saturated rings. The van der Waals surface area contributed by atoms with Crippen LogP contribution in [0.3, 0.4) is 0 Å². The van der Waals surface area contributed by atoms with Crippen LogP contribution in [0.25, 0.3) is 0 Å². The molecule has 1 saturated carbocycles. The zero-order chi connectivity index (χ0) is 28.4. The van der Waals surface area contributed by atoms with E-state index in [-0.39, 0.29) is 78.5 Å². The first-order chi connectivity index (χ1) is 18.6. The maximum absolute atomic E-state index is 14.2. The average Bonchev–Trinajstić information content (AvgIpc) is 3.38. The fourth-order valence-corrected chi connectivity index (χ4v) is 8.13. The summed E-state index contributed by atoms with van der Waals surface area (Å²) in [6.45, 7) is 5.73. The summed E-state index contributed by atoms with van der Waals surface area (Å²) in [5, 5.41) is 12.0. The summed E-state index contributed by atoms with van der Waals surface area (Å²) in [5.74, 6) is -2.78. The summed E-state index contributed by atoms with van der Waals surface area (Å²) in [4.78, 5) is 39.0. The number of carboxylic acid groups (broad SMARTS) is 1. The second-order valence-electron chi connectivity index (χ2n) is 11.5. The van der Waals surface area contributed by atoms with Crippen LogP contribution in [0.1, 0.15) is 77.7 Å². The van der Waals surface area contributed by atoms with Crippen LogP contribution in [0.2, 0.25) is 0 Å². The predicted molar refractivity (Wildman–Crippen MR) is 148 cm³/mol. The molecule has 0 aromatic heterocycles. The van der Waals surface area contributed by atoms with E-state index in [1.165, 1.54) is 5.56 Å². The van der Waals surface area contributed by atoms with Gasteiger partial charge in [-0.25, -0.2) is 0 Å². The van der Waals surface area contributed by atoms with E-state index >= 15 is 0 Å². The molecule has 1 saturated heterocycles. The summed E-state index contributed by atoms with van der Waals surface area (Å²) in [7, 11) is -3.55. The second-order valence-corrected chi connectivity index (χ2v) is 14.1. The van der Waals surface area contributed by atoms with E-state index in [4.69, 9.17) is 9.26 Å². The molecule has 3 rings (SSSR count). The summed E-state index contributed by atoms with van der Waals surface area (Å²) in [6.07, 6.45) is 6.42. The number of ether oxygens (including phenoxy) is 1. The first kappa shape index (κ1) is 35.0. The van der Waals surface area contributed by atoms with Crippen molar-refractivity contribution in [1.82, 2.24) is 4.90 Å². The van der Waals surface area contributed by atoms with Gasteiger partial charge in [0.05, 0.1) is 0 Å². The quantitative estimate of drug-likeness (QED) is 0.107. The van der Waals surface area contributed by atoms with Gasteiger partial charge in [0.25, 0.3) is 0 Å². The molecule has 0 bridgehead atoms. The number of unbranched alkanes of at least 4 members (excludes halogenated alkanes) is 1. The molecule has 0 spiro atoms. The van der Waals surface area contributed by atoms with Crippen LogP contribution < -0.4 is 34.7 Å². The summed E-state index contributed by atoms with van der Waals surface area (Å²) < 4.78 is 25.6. The van der Waals surface area contributed by atoms with Crippen molar-refractivity contribution in [3.63, 3.8) is 0 Å². The van der Waals surface area contributed by atoms with Gasteiger partial charge in [0.1, 0.15) is 6.16 Å². The monoisotopic (exact) mass is 585 g/mol. The van der Waals surface area contributed by atoms with Crippen LogP contribution in [-0.4, -0.2) is 54.4 Å².